The molecule has 0 saturated heterocycles. The van der Waals surface area contributed by atoms with Crippen molar-refractivity contribution in [2.45, 2.75) is 6.92 Å². The lowest BCUT2D eigenvalue weighted by atomic mass is 10.0. The van der Waals surface area contributed by atoms with Gasteiger partial charge < -0.3 is 0 Å². The van der Waals surface area contributed by atoms with Crippen LogP contribution in [0.2, 0.25) is 0 Å². The van der Waals surface area contributed by atoms with Crippen LogP contribution in [0.5, 0.6) is 0 Å². The summed E-state index contributed by atoms with van der Waals surface area (Å²) in [7, 11) is 0. The van der Waals surface area contributed by atoms with Crippen molar-refractivity contribution >= 4 is 12.0 Å². The first-order chi connectivity index (χ1) is 8.22. The van der Waals surface area contributed by atoms with Crippen LogP contribution in [0.4, 0.5) is 5.69 Å². The topological polar surface area (TPSA) is 21.4 Å². The van der Waals surface area contributed by atoms with Gasteiger partial charge in [-0.25, -0.2) is 4.85 Å². The van der Waals surface area contributed by atoms with Crippen LogP contribution < -0.4 is 0 Å². The Kier molecular flexibility index (Phi) is 3.02. The normalized spacial score (nSPS) is 9.65. The van der Waals surface area contributed by atoms with E-state index in [9.17, 15) is 4.79 Å². The van der Waals surface area contributed by atoms with Gasteiger partial charge in [-0.1, -0.05) is 24.3 Å². The molecule has 2 rings (SSSR count). The molecule has 0 fully saturated rings. The zero-order valence-electron chi connectivity index (χ0n) is 9.47. The molecular formula is C15H11NO. The maximum absolute atomic E-state index is 10.8. The standard InChI is InChI=1S/C15H11NO/c1-11-6-12(10-17)8-14(7-11)13-4-3-5-15(9-13)16-2/h3-10H,1H3. The van der Waals surface area contributed by atoms with Crippen molar-refractivity contribution < 1.29 is 4.79 Å². The summed E-state index contributed by atoms with van der Waals surface area (Å²) < 4.78 is 0. The van der Waals surface area contributed by atoms with Gasteiger partial charge in [0.15, 0.2) is 5.69 Å². The minimum atomic E-state index is 0.608. The van der Waals surface area contributed by atoms with E-state index >= 15 is 0 Å². The summed E-state index contributed by atoms with van der Waals surface area (Å²) in [5.74, 6) is 0. The fourth-order valence-electron chi connectivity index (χ4n) is 1.80. The molecule has 0 spiro atoms. The molecule has 0 atom stereocenters. The molecule has 0 saturated carbocycles. The number of hydrogen-bond donors (Lipinski definition) is 0. The molecule has 82 valence electrons. The highest BCUT2D eigenvalue weighted by Gasteiger charge is 2.02. The van der Waals surface area contributed by atoms with E-state index in [2.05, 4.69) is 4.85 Å². The number of carbonyl (C=O) groups is 1. The Balaban J connectivity index is 2.56. The minimum Gasteiger partial charge on any atom is -0.298 e. The first-order valence-corrected chi connectivity index (χ1v) is 5.28. The van der Waals surface area contributed by atoms with Crippen LogP contribution in [0.15, 0.2) is 42.5 Å². The largest absolute Gasteiger partial charge is 0.298 e. The summed E-state index contributed by atoms with van der Waals surface area (Å²) in [6.07, 6.45) is 0.842. The minimum absolute atomic E-state index is 0.608. The second-order valence-corrected chi connectivity index (χ2v) is 3.91. The molecule has 0 bridgehead atoms. The van der Waals surface area contributed by atoms with Crippen molar-refractivity contribution in [2.75, 3.05) is 0 Å². The molecule has 0 radical (unpaired) electrons. The highest BCUT2D eigenvalue weighted by Crippen LogP contribution is 2.25. The van der Waals surface area contributed by atoms with Gasteiger partial charge in [-0.2, -0.15) is 0 Å². The van der Waals surface area contributed by atoms with E-state index in [1.807, 2.05) is 43.3 Å². The van der Waals surface area contributed by atoms with E-state index in [1.165, 1.54) is 0 Å². The van der Waals surface area contributed by atoms with Crippen molar-refractivity contribution in [1.82, 2.24) is 0 Å². The summed E-state index contributed by atoms with van der Waals surface area (Å²) in [5.41, 5.74) is 4.24. The summed E-state index contributed by atoms with van der Waals surface area (Å²) in [5, 5.41) is 0. The second-order valence-electron chi connectivity index (χ2n) is 3.91. The number of aryl methyl sites for hydroxylation is 1. The Morgan fingerprint density at radius 3 is 2.65 bits per heavy atom. The van der Waals surface area contributed by atoms with E-state index < -0.39 is 0 Å². The van der Waals surface area contributed by atoms with E-state index in [-0.39, 0.29) is 0 Å². The fourth-order valence-corrected chi connectivity index (χ4v) is 1.80. The maximum Gasteiger partial charge on any atom is 0.187 e. The Bertz CT molecular complexity index is 609. The van der Waals surface area contributed by atoms with Crippen molar-refractivity contribution in [1.29, 1.82) is 0 Å². The Hall–Kier alpha value is -2.40. The second kappa shape index (κ2) is 4.63. The van der Waals surface area contributed by atoms with E-state index in [1.54, 1.807) is 6.07 Å². The summed E-state index contributed by atoms with van der Waals surface area (Å²) in [4.78, 5) is 14.2. The highest BCUT2D eigenvalue weighted by molar-refractivity contribution is 5.80. The predicted molar refractivity (Wildman–Crippen MR) is 68.3 cm³/mol. The summed E-state index contributed by atoms with van der Waals surface area (Å²) >= 11 is 0. The zero-order chi connectivity index (χ0) is 12.3. The molecule has 0 N–H and O–H groups in total. The zero-order valence-corrected chi connectivity index (χ0v) is 9.47. The maximum atomic E-state index is 10.8. The van der Waals surface area contributed by atoms with Gasteiger partial charge in [0.1, 0.15) is 6.29 Å². The van der Waals surface area contributed by atoms with Crippen LogP contribution in [0, 0.1) is 13.5 Å². The number of nitrogens with zero attached hydrogens (tertiary/aromatic N) is 1. The average Bonchev–Trinajstić information content (AvgIpc) is 2.38. The highest BCUT2D eigenvalue weighted by atomic mass is 16.1. The monoisotopic (exact) mass is 221 g/mol. The Morgan fingerprint density at radius 1 is 1.12 bits per heavy atom. The lowest BCUT2D eigenvalue weighted by Gasteiger charge is -2.05. The van der Waals surface area contributed by atoms with Crippen LogP contribution in [0.3, 0.4) is 0 Å². The SMILES string of the molecule is [C-]#[N+]c1cccc(-c2cc(C)cc(C=O)c2)c1. The van der Waals surface area contributed by atoms with Gasteiger partial charge >= 0.3 is 0 Å². The lowest BCUT2D eigenvalue weighted by Crippen LogP contribution is -1.85. The van der Waals surface area contributed by atoms with Crippen molar-refractivity contribution in [3.05, 3.63) is 65.0 Å². The van der Waals surface area contributed by atoms with E-state index in [0.29, 0.717) is 11.3 Å². The number of aldehydes is 1. The number of rotatable bonds is 2. The van der Waals surface area contributed by atoms with Crippen LogP contribution >= 0.6 is 0 Å². The first-order valence-electron chi connectivity index (χ1n) is 5.28. The summed E-state index contributed by atoms with van der Waals surface area (Å²) in [6, 6.07) is 13.1. The Morgan fingerprint density at radius 2 is 1.94 bits per heavy atom. The smallest absolute Gasteiger partial charge is 0.187 e. The van der Waals surface area contributed by atoms with Gasteiger partial charge in [-0.05, 0) is 41.8 Å². The molecule has 0 heterocycles. The number of benzene rings is 2. The van der Waals surface area contributed by atoms with E-state index in [0.717, 1.165) is 23.0 Å². The Labute approximate surface area is 100 Å². The van der Waals surface area contributed by atoms with Gasteiger partial charge in [-0.15, -0.1) is 0 Å². The summed E-state index contributed by atoms with van der Waals surface area (Å²) in [6.45, 7) is 8.95. The van der Waals surface area contributed by atoms with Gasteiger partial charge in [0, 0.05) is 5.56 Å². The molecule has 0 amide bonds. The molecule has 0 aromatic heterocycles. The molecule has 0 unspecified atom stereocenters. The number of carbonyl (C=O) groups excluding carboxylic acids is 1. The molecule has 2 aromatic carbocycles. The van der Waals surface area contributed by atoms with Crippen LogP contribution in [0.1, 0.15) is 15.9 Å². The lowest BCUT2D eigenvalue weighted by molar-refractivity contribution is 0.112. The van der Waals surface area contributed by atoms with Crippen molar-refractivity contribution in [2.24, 2.45) is 0 Å². The van der Waals surface area contributed by atoms with Gasteiger partial charge in [0.05, 0.1) is 6.57 Å². The van der Waals surface area contributed by atoms with Crippen LogP contribution in [0.25, 0.3) is 16.0 Å². The predicted octanol–water partition coefficient (Wildman–Crippen LogP) is 4.03. The van der Waals surface area contributed by atoms with Crippen LogP contribution in [-0.2, 0) is 0 Å². The molecule has 2 heteroatoms. The van der Waals surface area contributed by atoms with Gasteiger partial charge in [0.25, 0.3) is 0 Å². The molecule has 17 heavy (non-hydrogen) atoms. The fraction of sp³-hybridized carbons (Fsp3) is 0.0667. The number of hydrogen-bond acceptors (Lipinski definition) is 1. The molecule has 0 aliphatic rings. The third kappa shape index (κ3) is 2.40. The molecule has 2 nitrogen and oxygen atoms in total. The van der Waals surface area contributed by atoms with Gasteiger partial charge in [0.2, 0.25) is 0 Å². The molecule has 0 aliphatic carbocycles. The van der Waals surface area contributed by atoms with Gasteiger partial charge in [-0.3, -0.25) is 4.79 Å². The molecular weight excluding hydrogens is 210 g/mol. The third-order valence-corrected chi connectivity index (χ3v) is 2.54. The molecule has 0 aliphatic heterocycles. The van der Waals surface area contributed by atoms with Crippen molar-refractivity contribution in [3.63, 3.8) is 0 Å². The molecule has 2 aromatic rings. The average molecular weight is 221 g/mol. The van der Waals surface area contributed by atoms with Crippen LogP contribution in [-0.4, -0.2) is 6.29 Å². The first kappa shape index (κ1) is 11.1. The van der Waals surface area contributed by atoms with E-state index in [4.69, 9.17) is 6.57 Å². The third-order valence-electron chi connectivity index (χ3n) is 2.54. The van der Waals surface area contributed by atoms with Crippen molar-refractivity contribution in [3.8, 4) is 11.1 Å². The quantitative estimate of drug-likeness (QED) is 0.554.